The van der Waals surface area contributed by atoms with E-state index in [0.29, 0.717) is 11.3 Å². The van der Waals surface area contributed by atoms with Gasteiger partial charge in [-0.1, -0.05) is 28.1 Å². The Morgan fingerprint density at radius 3 is 2.65 bits per heavy atom. The number of carbonyl (C=O) groups excluding carboxylic acids is 1. The van der Waals surface area contributed by atoms with Gasteiger partial charge >= 0.3 is 18.4 Å². The van der Waals surface area contributed by atoms with Crippen LogP contribution in [0.25, 0.3) is 0 Å². The minimum absolute atomic E-state index is 0.0404. The maximum absolute atomic E-state index is 13.3. The largest absolute Gasteiger partial charge is 0.323 e. The van der Waals surface area contributed by atoms with Crippen molar-refractivity contribution in [2.24, 2.45) is 0 Å². The molecule has 0 fully saturated rings. The molecule has 1 aromatic rings. The van der Waals surface area contributed by atoms with Gasteiger partial charge in [-0.05, 0) is 17.2 Å². The average molecular weight is 355 g/mol. The van der Waals surface area contributed by atoms with Gasteiger partial charge in [0, 0.05) is 19.3 Å². The molecule has 0 aromatic heterocycles. The molecule has 1 N–H and O–H groups in total. The van der Waals surface area contributed by atoms with Crippen molar-refractivity contribution in [1.29, 1.82) is 0 Å². The Balaban J connectivity index is 2.32. The van der Waals surface area contributed by atoms with Crippen LogP contribution in [0.1, 0.15) is 16.0 Å². The van der Waals surface area contributed by atoms with Gasteiger partial charge in [-0.3, -0.25) is 0 Å². The molecule has 20 heavy (non-hydrogen) atoms. The van der Waals surface area contributed by atoms with Crippen LogP contribution in [-0.4, -0.2) is 30.3 Å². The number of urea groups is 1. The van der Waals surface area contributed by atoms with Crippen LogP contribution in [0.4, 0.5) is 28.0 Å². The van der Waals surface area contributed by atoms with Gasteiger partial charge in [0.2, 0.25) is 0 Å². The highest BCUT2D eigenvalue weighted by atomic mass is 79.9. The number of benzene rings is 1. The van der Waals surface area contributed by atoms with E-state index in [-0.39, 0.29) is 18.1 Å². The molecule has 8 heteroatoms. The Labute approximate surface area is 121 Å². The zero-order valence-electron chi connectivity index (χ0n) is 10.3. The van der Waals surface area contributed by atoms with E-state index in [0.717, 1.165) is 0 Å². The number of nitrogens with one attached hydrogen (secondary N) is 1. The maximum atomic E-state index is 13.3. The van der Waals surface area contributed by atoms with Gasteiger partial charge in [0.15, 0.2) is 0 Å². The second-order valence-electron chi connectivity index (χ2n) is 4.54. The molecule has 0 radical (unpaired) electrons. The molecule has 3 nitrogen and oxygen atoms in total. The molecule has 0 saturated heterocycles. The lowest BCUT2D eigenvalue weighted by Crippen LogP contribution is -2.36. The SMILES string of the molecule is CN1Cc2cc(C(Br)C(F)(F)C(F)F)ccc2NC1=O. The summed E-state index contributed by atoms with van der Waals surface area (Å²) in [5.74, 6) is -4.17. The second kappa shape index (κ2) is 5.23. The van der Waals surface area contributed by atoms with Crippen LogP contribution < -0.4 is 5.32 Å². The fraction of sp³-hybridized carbons (Fsp3) is 0.417. The number of amides is 2. The number of hydrogen-bond donors (Lipinski definition) is 1. The van der Waals surface area contributed by atoms with Crippen molar-refractivity contribution >= 4 is 27.6 Å². The van der Waals surface area contributed by atoms with Crippen molar-refractivity contribution in [2.75, 3.05) is 12.4 Å². The topological polar surface area (TPSA) is 32.3 Å². The molecule has 2 amide bonds. The van der Waals surface area contributed by atoms with E-state index in [1.165, 1.54) is 23.1 Å². The van der Waals surface area contributed by atoms with E-state index in [9.17, 15) is 22.4 Å². The zero-order chi connectivity index (χ0) is 15.1. The van der Waals surface area contributed by atoms with Crippen molar-refractivity contribution in [3.63, 3.8) is 0 Å². The number of fused-ring (bicyclic) bond motifs is 1. The Kier molecular flexibility index (Phi) is 3.95. The maximum Gasteiger partial charge on any atom is 0.323 e. The smallest absolute Gasteiger partial charge is 0.323 e. The first-order valence-corrected chi connectivity index (χ1v) is 6.60. The molecule has 1 aromatic carbocycles. The van der Waals surface area contributed by atoms with Crippen molar-refractivity contribution in [1.82, 2.24) is 4.90 Å². The molecular weight excluding hydrogens is 344 g/mol. The molecule has 0 spiro atoms. The predicted molar refractivity (Wildman–Crippen MR) is 69.5 cm³/mol. The summed E-state index contributed by atoms with van der Waals surface area (Å²) >= 11 is 2.63. The Bertz CT molecular complexity index is 538. The summed E-state index contributed by atoms with van der Waals surface area (Å²) in [6, 6.07) is 3.81. The van der Waals surface area contributed by atoms with E-state index in [1.54, 1.807) is 7.05 Å². The lowest BCUT2D eigenvalue weighted by molar-refractivity contribution is -0.127. The summed E-state index contributed by atoms with van der Waals surface area (Å²) in [6.45, 7) is 0.231. The van der Waals surface area contributed by atoms with Crippen molar-refractivity contribution in [2.45, 2.75) is 23.7 Å². The number of halogens is 5. The van der Waals surface area contributed by atoms with E-state index in [1.807, 2.05) is 0 Å². The van der Waals surface area contributed by atoms with E-state index >= 15 is 0 Å². The molecule has 0 bridgehead atoms. The van der Waals surface area contributed by atoms with Crippen molar-refractivity contribution in [3.8, 4) is 0 Å². The number of rotatable bonds is 3. The van der Waals surface area contributed by atoms with E-state index < -0.39 is 17.2 Å². The van der Waals surface area contributed by atoms with Crippen LogP contribution in [0.2, 0.25) is 0 Å². The highest BCUT2D eigenvalue weighted by molar-refractivity contribution is 9.09. The Hall–Kier alpha value is -1.31. The Morgan fingerprint density at radius 2 is 2.05 bits per heavy atom. The van der Waals surface area contributed by atoms with Crippen LogP contribution in [0.5, 0.6) is 0 Å². The molecule has 1 atom stereocenters. The van der Waals surface area contributed by atoms with Gasteiger partial charge in [-0.25, -0.2) is 13.6 Å². The van der Waals surface area contributed by atoms with Gasteiger partial charge in [-0.15, -0.1) is 0 Å². The third-order valence-corrected chi connectivity index (χ3v) is 4.19. The number of carbonyl (C=O) groups is 1. The lowest BCUT2D eigenvalue weighted by Gasteiger charge is -2.28. The fourth-order valence-corrected chi connectivity index (χ4v) is 2.38. The molecular formula is C12H11BrF4N2O. The monoisotopic (exact) mass is 354 g/mol. The van der Waals surface area contributed by atoms with Gasteiger partial charge in [-0.2, -0.15) is 8.78 Å². The van der Waals surface area contributed by atoms with Gasteiger partial charge in [0.25, 0.3) is 0 Å². The van der Waals surface area contributed by atoms with Crippen molar-refractivity contribution < 1.29 is 22.4 Å². The Morgan fingerprint density at radius 1 is 1.40 bits per heavy atom. The third-order valence-electron chi connectivity index (χ3n) is 3.05. The first-order chi connectivity index (χ1) is 9.23. The zero-order valence-corrected chi connectivity index (χ0v) is 11.9. The van der Waals surface area contributed by atoms with Crippen molar-refractivity contribution in [3.05, 3.63) is 29.3 Å². The first-order valence-electron chi connectivity index (χ1n) is 5.68. The highest BCUT2D eigenvalue weighted by Gasteiger charge is 2.48. The van der Waals surface area contributed by atoms with Crippen LogP contribution in [-0.2, 0) is 6.54 Å². The number of anilines is 1. The highest BCUT2D eigenvalue weighted by Crippen LogP contribution is 2.43. The summed E-state index contributed by atoms with van der Waals surface area (Å²) in [5.41, 5.74) is 1.13. The lowest BCUT2D eigenvalue weighted by atomic mass is 10.0. The van der Waals surface area contributed by atoms with Crippen LogP contribution in [0.3, 0.4) is 0 Å². The van der Waals surface area contributed by atoms with E-state index in [4.69, 9.17) is 0 Å². The van der Waals surface area contributed by atoms with Gasteiger partial charge < -0.3 is 10.2 Å². The van der Waals surface area contributed by atoms with Crippen LogP contribution in [0.15, 0.2) is 18.2 Å². The molecule has 1 heterocycles. The van der Waals surface area contributed by atoms with Crippen LogP contribution in [0, 0.1) is 0 Å². The molecule has 1 aliphatic rings. The van der Waals surface area contributed by atoms with Gasteiger partial charge in [0.05, 0.1) is 0 Å². The normalized spacial score (nSPS) is 16.9. The van der Waals surface area contributed by atoms with Gasteiger partial charge in [0.1, 0.15) is 4.83 Å². The molecule has 0 aliphatic carbocycles. The number of alkyl halides is 5. The predicted octanol–water partition coefficient (Wildman–Crippen LogP) is 4.00. The summed E-state index contributed by atoms with van der Waals surface area (Å²) in [4.78, 5) is 11.0. The minimum atomic E-state index is -4.17. The minimum Gasteiger partial charge on any atom is -0.323 e. The number of nitrogens with zero attached hydrogens (tertiary/aromatic N) is 1. The van der Waals surface area contributed by atoms with E-state index in [2.05, 4.69) is 21.2 Å². The summed E-state index contributed by atoms with van der Waals surface area (Å²) in [5, 5.41) is 2.57. The molecule has 1 aliphatic heterocycles. The van der Waals surface area contributed by atoms with Crippen LogP contribution >= 0.6 is 15.9 Å². The first kappa shape index (κ1) is 15.1. The standard InChI is InChI=1S/C12H11BrF4N2O/c1-19-5-7-4-6(2-3-8(7)18-11(19)20)9(13)12(16,17)10(14)15/h2-4,9-10H,5H2,1H3,(H,18,20). The molecule has 0 saturated carbocycles. The molecule has 2 rings (SSSR count). The summed E-state index contributed by atoms with van der Waals surface area (Å²) in [7, 11) is 1.55. The molecule has 110 valence electrons. The summed E-state index contributed by atoms with van der Waals surface area (Å²) in [6.07, 6.45) is -3.76. The molecule has 1 unspecified atom stereocenters. The average Bonchev–Trinajstić information content (AvgIpc) is 2.38. The quantitative estimate of drug-likeness (QED) is 0.645. The fourth-order valence-electron chi connectivity index (χ4n) is 1.89. The number of hydrogen-bond acceptors (Lipinski definition) is 1. The second-order valence-corrected chi connectivity index (χ2v) is 5.46. The third kappa shape index (κ3) is 2.61. The summed E-state index contributed by atoms with van der Waals surface area (Å²) < 4.78 is 51.4.